The Labute approximate surface area is 151 Å². The Morgan fingerprint density at radius 2 is 1.64 bits per heavy atom. The van der Waals surface area contributed by atoms with Gasteiger partial charge in [0.25, 0.3) is 0 Å². The molecule has 0 saturated carbocycles. The second-order valence-corrected chi connectivity index (χ2v) is 6.91. The van der Waals surface area contributed by atoms with Crippen LogP contribution in [0.5, 0.6) is 0 Å². The predicted molar refractivity (Wildman–Crippen MR) is 110 cm³/mol. The lowest BCUT2D eigenvalue weighted by molar-refractivity contribution is 0.687. The van der Waals surface area contributed by atoms with Gasteiger partial charge in [-0.2, -0.15) is 0 Å². The summed E-state index contributed by atoms with van der Waals surface area (Å²) in [5, 5.41) is 2.62. The number of benzene rings is 3. The molecule has 2 N–H and O–H groups in total. The Balaban J connectivity index is 1.88. The third kappa shape index (κ3) is 3.83. The fourth-order valence-corrected chi connectivity index (χ4v) is 3.50. The van der Waals surface area contributed by atoms with Crippen molar-refractivity contribution in [1.29, 1.82) is 0 Å². The van der Waals surface area contributed by atoms with Crippen LogP contribution in [0.4, 0.5) is 0 Å². The summed E-state index contributed by atoms with van der Waals surface area (Å²) in [5.74, 6) is 0. The molecule has 0 heterocycles. The van der Waals surface area contributed by atoms with E-state index in [1.807, 2.05) is 0 Å². The summed E-state index contributed by atoms with van der Waals surface area (Å²) in [7, 11) is 0. The van der Waals surface area contributed by atoms with Crippen molar-refractivity contribution >= 4 is 10.8 Å². The van der Waals surface area contributed by atoms with Crippen LogP contribution in [0.15, 0.2) is 72.8 Å². The lowest BCUT2D eigenvalue weighted by Gasteiger charge is -2.15. The first-order chi connectivity index (χ1) is 12.1. The molecule has 0 saturated heterocycles. The van der Waals surface area contributed by atoms with Gasteiger partial charge < -0.3 is 5.73 Å². The van der Waals surface area contributed by atoms with Crippen molar-refractivity contribution in [3.8, 4) is 11.1 Å². The molecule has 0 aromatic heterocycles. The van der Waals surface area contributed by atoms with E-state index in [2.05, 4.69) is 81.1 Å². The van der Waals surface area contributed by atoms with Gasteiger partial charge in [-0.1, -0.05) is 86.2 Å². The number of nitrogens with two attached hydrogens (primary N) is 1. The Morgan fingerprint density at radius 1 is 0.960 bits per heavy atom. The minimum absolute atomic E-state index is 0.0304. The van der Waals surface area contributed by atoms with Gasteiger partial charge in [0.1, 0.15) is 0 Å². The normalized spacial score (nSPS) is 12.3. The minimum Gasteiger partial charge on any atom is -0.324 e. The highest BCUT2D eigenvalue weighted by Gasteiger charge is 2.09. The average Bonchev–Trinajstić information content (AvgIpc) is 2.63. The monoisotopic (exact) mass is 329 g/mol. The Hall–Kier alpha value is -2.38. The summed E-state index contributed by atoms with van der Waals surface area (Å²) >= 11 is 0. The third-order valence-corrected chi connectivity index (χ3v) is 4.90. The van der Waals surface area contributed by atoms with Crippen molar-refractivity contribution in [1.82, 2.24) is 0 Å². The lowest BCUT2D eigenvalue weighted by atomic mass is 9.93. The maximum atomic E-state index is 6.36. The van der Waals surface area contributed by atoms with Gasteiger partial charge in [0.05, 0.1) is 0 Å². The number of fused-ring (bicyclic) bond motifs is 1. The SMILES string of the molecule is C=C(CCC)CC(N)c1ccc(-c2ccc(C)c3ccccc23)cc1. The van der Waals surface area contributed by atoms with Crippen LogP contribution in [-0.4, -0.2) is 0 Å². The van der Waals surface area contributed by atoms with Gasteiger partial charge in [0.2, 0.25) is 0 Å². The summed E-state index contributed by atoms with van der Waals surface area (Å²) in [6.07, 6.45) is 3.05. The first kappa shape index (κ1) is 17.4. The van der Waals surface area contributed by atoms with E-state index in [9.17, 15) is 0 Å². The fraction of sp³-hybridized carbons (Fsp3) is 0.250. The molecule has 0 fully saturated rings. The molecule has 1 heteroatoms. The molecule has 3 aromatic rings. The second kappa shape index (κ2) is 7.67. The Bertz CT molecular complexity index is 874. The maximum absolute atomic E-state index is 6.36. The van der Waals surface area contributed by atoms with E-state index in [1.54, 1.807) is 0 Å². The van der Waals surface area contributed by atoms with Gasteiger partial charge in [0, 0.05) is 6.04 Å². The molecule has 0 aliphatic carbocycles. The Kier molecular flexibility index (Phi) is 5.35. The zero-order chi connectivity index (χ0) is 17.8. The number of aryl methyl sites for hydroxylation is 1. The van der Waals surface area contributed by atoms with Crippen molar-refractivity contribution < 1.29 is 0 Å². The first-order valence-electron chi connectivity index (χ1n) is 9.11. The van der Waals surface area contributed by atoms with Crippen molar-refractivity contribution in [2.75, 3.05) is 0 Å². The zero-order valence-corrected chi connectivity index (χ0v) is 15.3. The van der Waals surface area contributed by atoms with Gasteiger partial charge in [-0.25, -0.2) is 0 Å². The van der Waals surface area contributed by atoms with Crippen LogP contribution in [0.25, 0.3) is 21.9 Å². The number of rotatable bonds is 6. The smallest absolute Gasteiger partial charge is 0.0332 e. The number of hydrogen-bond acceptors (Lipinski definition) is 1. The van der Waals surface area contributed by atoms with Gasteiger partial charge in [-0.05, 0) is 52.8 Å². The highest BCUT2D eigenvalue weighted by Crippen LogP contribution is 2.31. The zero-order valence-electron chi connectivity index (χ0n) is 15.3. The van der Waals surface area contributed by atoms with E-state index in [-0.39, 0.29) is 6.04 Å². The van der Waals surface area contributed by atoms with Crippen LogP contribution in [0.1, 0.15) is 43.4 Å². The standard InChI is InChI=1S/C24H27N/c1-4-7-17(2)16-24(25)20-13-11-19(12-14-20)22-15-10-18(3)21-8-5-6-9-23(21)22/h5-6,8-15,24H,2,4,7,16,25H2,1,3H3. The van der Waals surface area contributed by atoms with Gasteiger partial charge in [0.15, 0.2) is 0 Å². The highest BCUT2D eigenvalue weighted by molar-refractivity contribution is 5.98. The third-order valence-electron chi connectivity index (χ3n) is 4.90. The second-order valence-electron chi connectivity index (χ2n) is 6.91. The van der Waals surface area contributed by atoms with E-state index >= 15 is 0 Å². The van der Waals surface area contributed by atoms with Crippen LogP contribution in [0.3, 0.4) is 0 Å². The summed E-state index contributed by atoms with van der Waals surface area (Å²) in [5.41, 5.74) is 12.6. The summed E-state index contributed by atoms with van der Waals surface area (Å²) < 4.78 is 0. The summed E-state index contributed by atoms with van der Waals surface area (Å²) in [4.78, 5) is 0. The largest absolute Gasteiger partial charge is 0.324 e. The molecule has 0 aliphatic rings. The molecule has 1 unspecified atom stereocenters. The molecule has 0 spiro atoms. The van der Waals surface area contributed by atoms with Gasteiger partial charge >= 0.3 is 0 Å². The lowest BCUT2D eigenvalue weighted by Crippen LogP contribution is -2.10. The molecule has 0 bridgehead atoms. The molecular formula is C24H27N. The van der Waals surface area contributed by atoms with E-state index < -0.39 is 0 Å². The van der Waals surface area contributed by atoms with Crippen molar-refractivity contribution in [3.05, 3.63) is 83.9 Å². The molecular weight excluding hydrogens is 302 g/mol. The molecule has 0 amide bonds. The fourth-order valence-electron chi connectivity index (χ4n) is 3.50. The van der Waals surface area contributed by atoms with Crippen LogP contribution >= 0.6 is 0 Å². The molecule has 1 atom stereocenters. The summed E-state index contributed by atoms with van der Waals surface area (Å²) in [6, 6.07) is 21.7. The molecule has 25 heavy (non-hydrogen) atoms. The number of hydrogen-bond donors (Lipinski definition) is 1. The van der Waals surface area contributed by atoms with E-state index in [4.69, 9.17) is 5.73 Å². The van der Waals surface area contributed by atoms with Crippen molar-refractivity contribution in [3.63, 3.8) is 0 Å². The summed E-state index contributed by atoms with van der Waals surface area (Å²) in [6.45, 7) is 8.48. The topological polar surface area (TPSA) is 26.0 Å². The quantitative estimate of drug-likeness (QED) is 0.509. The molecule has 128 valence electrons. The van der Waals surface area contributed by atoms with E-state index in [1.165, 1.54) is 38.6 Å². The van der Waals surface area contributed by atoms with Crippen LogP contribution in [0, 0.1) is 6.92 Å². The first-order valence-corrected chi connectivity index (χ1v) is 9.11. The predicted octanol–water partition coefficient (Wildman–Crippen LogP) is 6.56. The van der Waals surface area contributed by atoms with Crippen LogP contribution in [-0.2, 0) is 0 Å². The van der Waals surface area contributed by atoms with E-state index in [0.717, 1.165) is 19.3 Å². The van der Waals surface area contributed by atoms with Gasteiger partial charge in [-0.15, -0.1) is 0 Å². The molecule has 0 radical (unpaired) electrons. The van der Waals surface area contributed by atoms with Crippen molar-refractivity contribution in [2.45, 2.75) is 39.2 Å². The van der Waals surface area contributed by atoms with Crippen molar-refractivity contribution in [2.24, 2.45) is 5.73 Å². The van der Waals surface area contributed by atoms with Crippen LogP contribution < -0.4 is 5.73 Å². The average molecular weight is 329 g/mol. The van der Waals surface area contributed by atoms with E-state index in [0.29, 0.717) is 0 Å². The molecule has 3 aromatic carbocycles. The molecule has 1 nitrogen and oxygen atoms in total. The molecule has 0 aliphatic heterocycles. The molecule has 3 rings (SSSR count). The Morgan fingerprint density at radius 3 is 2.32 bits per heavy atom. The van der Waals surface area contributed by atoms with Crippen LogP contribution in [0.2, 0.25) is 0 Å². The maximum Gasteiger partial charge on any atom is 0.0332 e. The van der Waals surface area contributed by atoms with Gasteiger partial charge in [-0.3, -0.25) is 0 Å². The minimum atomic E-state index is 0.0304. The highest BCUT2D eigenvalue weighted by atomic mass is 14.6.